The molecule has 140 valence electrons. The van der Waals surface area contributed by atoms with Crippen molar-refractivity contribution in [2.45, 2.75) is 63.8 Å². The highest BCUT2D eigenvalue weighted by Crippen LogP contribution is 2.16. The van der Waals surface area contributed by atoms with Gasteiger partial charge in [0.1, 0.15) is 12.6 Å². The Morgan fingerprint density at radius 2 is 2.08 bits per heavy atom. The molecule has 0 aromatic carbocycles. The molecule has 1 saturated heterocycles. The Kier molecular flexibility index (Phi) is 10.7. The lowest BCUT2D eigenvalue weighted by molar-refractivity contribution is -0.153. The van der Waals surface area contributed by atoms with Crippen molar-refractivity contribution in [1.82, 2.24) is 5.32 Å². The van der Waals surface area contributed by atoms with Gasteiger partial charge in [0.2, 0.25) is 0 Å². The van der Waals surface area contributed by atoms with E-state index in [1.165, 1.54) is 0 Å². The number of methoxy groups -OCH3 is 2. The van der Waals surface area contributed by atoms with Crippen molar-refractivity contribution in [3.8, 4) is 0 Å². The Morgan fingerprint density at radius 1 is 1.33 bits per heavy atom. The summed E-state index contributed by atoms with van der Waals surface area (Å²) in [6.45, 7) is 7.48. The van der Waals surface area contributed by atoms with Crippen molar-refractivity contribution >= 4 is 5.97 Å². The molecule has 0 radical (unpaired) electrons. The minimum Gasteiger partial charge on any atom is -0.459 e. The van der Waals surface area contributed by atoms with Crippen LogP contribution in [0.1, 0.15) is 45.4 Å². The Labute approximate surface area is 145 Å². The van der Waals surface area contributed by atoms with Gasteiger partial charge >= 0.3 is 5.97 Å². The van der Waals surface area contributed by atoms with Gasteiger partial charge in [-0.15, -0.1) is 0 Å². The smallest absolute Gasteiger partial charge is 0.325 e. The number of ether oxygens (including phenoxy) is 4. The van der Waals surface area contributed by atoms with Gasteiger partial charge < -0.3 is 24.3 Å². The maximum absolute atomic E-state index is 11.9. The number of rotatable bonds is 12. The molecule has 1 fully saturated rings. The number of nitrogens with one attached hydrogen (secondary N) is 1. The second-order valence-corrected chi connectivity index (χ2v) is 6.18. The molecule has 24 heavy (non-hydrogen) atoms. The first-order valence-electron chi connectivity index (χ1n) is 8.85. The van der Waals surface area contributed by atoms with E-state index < -0.39 is 0 Å². The Hall–Kier alpha value is -1.11. The first-order valence-corrected chi connectivity index (χ1v) is 8.85. The summed E-state index contributed by atoms with van der Waals surface area (Å²) in [5.74, 6) is -0.283. The highest BCUT2D eigenvalue weighted by atomic mass is 16.6. The quantitative estimate of drug-likeness (QED) is 0.549. The zero-order chi connectivity index (χ0) is 17.8. The summed E-state index contributed by atoms with van der Waals surface area (Å²) in [6, 6.07) is 0. The first-order chi connectivity index (χ1) is 11.6. The predicted octanol–water partition coefficient (Wildman–Crippen LogP) is 2.42. The topological polar surface area (TPSA) is 66.0 Å². The van der Waals surface area contributed by atoms with Crippen LogP contribution in [0.15, 0.2) is 12.3 Å². The molecule has 0 aromatic rings. The molecule has 1 rings (SSSR count). The van der Waals surface area contributed by atoms with Gasteiger partial charge in [-0.1, -0.05) is 26.3 Å². The van der Waals surface area contributed by atoms with Crippen molar-refractivity contribution < 1.29 is 23.7 Å². The standard InChI is InChI=1S/C18H33NO5/c1-5-6-9-16(21-3)17(22-4)11-14(2)19-12-18(20)24-15-8-7-10-23-13-15/h15-17,19H,2,5-13H2,1,3-4H3/t15-,16-,17+/m1/s1. The lowest BCUT2D eigenvalue weighted by atomic mass is 10.0. The molecule has 1 aliphatic heterocycles. The Balaban J connectivity index is 2.30. The van der Waals surface area contributed by atoms with E-state index in [9.17, 15) is 4.79 Å². The van der Waals surface area contributed by atoms with Crippen LogP contribution >= 0.6 is 0 Å². The van der Waals surface area contributed by atoms with Crippen LogP contribution in [0.4, 0.5) is 0 Å². The fraction of sp³-hybridized carbons (Fsp3) is 0.833. The van der Waals surface area contributed by atoms with Crippen molar-refractivity contribution in [1.29, 1.82) is 0 Å². The van der Waals surface area contributed by atoms with Crippen LogP contribution < -0.4 is 5.32 Å². The zero-order valence-electron chi connectivity index (χ0n) is 15.3. The van der Waals surface area contributed by atoms with Gasteiger partial charge in [0.15, 0.2) is 0 Å². The third kappa shape index (κ3) is 8.13. The summed E-state index contributed by atoms with van der Waals surface area (Å²) in [5, 5.41) is 3.03. The largest absolute Gasteiger partial charge is 0.459 e. The molecule has 1 N–H and O–H groups in total. The molecule has 6 nitrogen and oxygen atoms in total. The van der Waals surface area contributed by atoms with Gasteiger partial charge in [0, 0.05) is 32.9 Å². The minimum absolute atomic E-state index is 0.0276. The lowest BCUT2D eigenvalue weighted by Gasteiger charge is -2.26. The average molecular weight is 343 g/mol. The highest BCUT2D eigenvalue weighted by molar-refractivity contribution is 5.72. The molecule has 1 aliphatic rings. The third-order valence-electron chi connectivity index (χ3n) is 4.21. The van der Waals surface area contributed by atoms with Crippen molar-refractivity contribution in [2.75, 3.05) is 34.0 Å². The van der Waals surface area contributed by atoms with Gasteiger partial charge in [-0.2, -0.15) is 0 Å². The molecule has 0 unspecified atom stereocenters. The zero-order valence-corrected chi connectivity index (χ0v) is 15.3. The number of carbonyl (C=O) groups is 1. The maximum Gasteiger partial charge on any atom is 0.325 e. The number of unbranched alkanes of at least 4 members (excludes halogenated alkanes) is 1. The van der Waals surface area contributed by atoms with E-state index in [2.05, 4.69) is 18.8 Å². The lowest BCUT2D eigenvalue weighted by Crippen LogP contribution is -2.35. The van der Waals surface area contributed by atoms with Crippen LogP contribution in [0.2, 0.25) is 0 Å². The highest BCUT2D eigenvalue weighted by Gasteiger charge is 2.22. The normalized spacial score (nSPS) is 20.2. The summed E-state index contributed by atoms with van der Waals surface area (Å²) in [4.78, 5) is 11.9. The van der Waals surface area contributed by atoms with E-state index in [-0.39, 0.29) is 30.8 Å². The van der Waals surface area contributed by atoms with Crippen LogP contribution in [0, 0.1) is 0 Å². The van der Waals surface area contributed by atoms with Crippen LogP contribution in [0.5, 0.6) is 0 Å². The second kappa shape index (κ2) is 12.3. The minimum atomic E-state index is -0.283. The number of esters is 1. The first kappa shape index (κ1) is 20.9. The molecule has 3 atom stereocenters. The number of carbonyl (C=O) groups excluding carboxylic acids is 1. The van der Waals surface area contributed by atoms with E-state index in [1.54, 1.807) is 14.2 Å². The summed E-state index contributed by atoms with van der Waals surface area (Å²) in [7, 11) is 3.37. The van der Waals surface area contributed by atoms with Gasteiger partial charge in [-0.25, -0.2) is 0 Å². The summed E-state index contributed by atoms with van der Waals surface area (Å²) >= 11 is 0. The van der Waals surface area contributed by atoms with Gasteiger partial charge in [0.05, 0.1) is 18.8 Å². The summed E-state index contributed by atoms with van der Waals surface area (Å²) in [6.07, 6.45) is 5.38. The molecule has 0 amide bonds. The van der Waals surface area contributed by atoms with E-state index in [1.807, 2.05) is 0 Å². The van der Waals surface area contributed by atoms with E-state index in [0.29, 0.717) is 13.0 Å². The van der Waals surface area contributed by atoms with Gasteiger partial charge in [0.25, 0.3) is 0 Å². The van der Waals surface area contributed by atoms with Crippen molar-refractivity contribution in [2.24, 2.45) is 0 Å². The van der Waals surface area contributed by atoms with Crippen LogP contribution in [-0.2, 0) is 23.7 Å². The molecule has 0 aliphatic carbocycles. The molecule has 0 spiro atoms. The van der Waals surface area contributed by atoms with Crippen LogP contribution in [0.25, 0.3) is 0 Å². The Morgan fingerprint density at radius 3 is 2.67 bits per heavy atom. The van der Waals surface area contributed by atoms with E-state index in [4.69, 9.17) is 18.9 Å². The summed E-state index contributed by atoms with van der Waals surface area (Å²) < 4.78 is 21.7. The SMILES string of the molecule is C=C(C[C@H](OC)[C@@H](CCCC)OC)NCC(=O)O[C@@H]1CCCOC1. The van der Waals surface area contributed by atoms with Crippen molar-refractivity contribution in [3.63, 3.8) is 0 Å². The number of hydrogen-bond donors (Lipinski definition) is 1. The third-order valence-corrected chi connectivity index (χ3v) is 4.21. The van der Waals surface area contributed by atoms with Gasteiger partial charge in [-0.05, 0) is 19.3 Å². The number of hydrogen-bond acceptors (Lipinski definition) is 6. The molecule has 0 bridgehead atoms. The van der Waals surface area contributed by atoms with Crippen molar-refractivity contribution in [3.05, 3.63) is 12.3 Å². The monoisotopic (exact) mass is 343 g/mol. The summed E-state index contributed by atoms with van der Waals surface area (Å²) in [5.41, 5.74) is 0.747. The molecular formula is C18H33NO5. The average Bonchev–Trinajstić information content (AvgIpc) is 2.60. The van der Waals surface area contributed by atoms with E-state index >= 15 is 0 Å². The Bertz CT molecular complexity index is 368. The fourth-order valence-electron chi connectivity index (χ4n) is 2.77. The maximum atomic E-state index is 11.9. The molecule has 1 heterocycles. The molecule has 0 saturated carbocycles. The predicted molar refractivity (Wildman–Crippen MR) is 92.8 cm³/mol. The second-order valence-electron chi connectivity index (χ2n) is 6.18. The van der Waals surface area contributed by atoms with Crippen LogP contribution in [-0.4, -0.2) is 58.3 Å². The molecular weight excluding hydrogens is 310 g/mol. The molecule has 6 heteroatoms. The van der Waals surface area contributed by atoms with E-state index in [0.717, 1.165) is 44.4 Å². The van der Waals surface area contributed by atoms with Crippen LogP contribution in [0.3, 0.4) is 0 Å². The molecule has 0 aromatic heterocycles. The fourth-order valence-corrected chi connectivity index (χ4v) is 2.77. The van der Waals surface area contributed by atoms with Gasteiger partial charge in [-0.3, -0.25) is 4.79 Å².